The van der Waals surface area contributed by atoms with Gasteiger partial charge in [0.1, 0.15) is 11.5 Å². The molecule has 88 valence electrons. The molecule has 0 amide bonds. The van der Waals surface area contributed by atoms with E-state index in [0.717, 1.165) is 29.4 Å². The zero-order chi connectivity index (χ0) is 11.8. The Balaban J connectivity index is 2.45. The average molecular weight is 286 g/mol. The number of hydrogen-bond acceptors (Lipinski definition) is 3. The molecule has 2 N–H and O–H groups in total. The summed E-state index contributed by atoms with van der Waals surface area (Å²) in [5.41, 5.74) is 0.802. The predicted molar refractivity (Wildman–Crippen MR) is 66.9 cm³/mol. The smallest absolute Gasteiger partial charge is 0.136 e. The maximum absolute atomic E-state index is 10.0. The number of methoxy groups -OCH3 is 1. The fourth-order valence-corrected chi connectivity index (χ4v) is 2.77. The molecule has 4 heteroatoms. The van der Waals surface area contributed by atoms with Crippen molar-refractivity contribution < 1.29 is 9.84 Å². The van der Waals surface area contributed by atoms with Gasteiger partial charge in [0.25, 0.3) is 0 Å². The Bertz CT molecular complexity index is 400. The van der Waals surface area contributed by atoms with Gasteiger partial charge in [0.2, 0.25) is 0 Å². The third-order valence-corrected chi connectivity index (χ3v) is 3.85. The first-order valence-corrected chi connectivity index (χ1v) is 6.18. The van der Waals surface area contributed by atoms with Gasteiger partial charge in [-0.1, -0.05) is 0 Å². The molecule has 1 aliphatic heterocycles. The lowest BCUT2D eigenvalue weighted by atomic mass is 9.90. The Labute approximate surface area is 104 Å². The minimum absolute atomic E-state index is 0.126. The van der Waals surface area contributed by atoms with Gasteiger partial charge in [0.15, 0.2) is 0 Å². The van der Waals surface area contributed by atoms with Crippen LogP contribution in [0, 0.1) is 0 Å². The zero-order valence-corrected chi connectivity index (χ0v) is 11.1. The summed E-state index contributed by atoms with van der Waals surface area (Å²) in [6.45, 7) is 3.12. The van der Waals surface area contributed by atoms with Crippen molar-refractivity contribution >= 4 is 15.9 Å². The second-order valence-corrected chi connectivity index (χ2v) is 5.22. The lowest BCUT2D eigenvalue weighted by molar-refractivity contribution is 0.381. The normalized spacial score (nSPS) is 24.7. The number of phenols is 1. The molecule has 1 unspecified atom stereocenters. The van der Waals surface area contributed by atoms with Gasteiger partial charge in [-0.05, 0) is 48.3 Å². The summed E-state index contributed by atoms with van der Waals surface area (Å²) in [7, 11) is 1.59. The van der Waals surface area contributed by atoms with Gasteiger partial charge in [-0.25, -0.2) is 0 Å². The van der Waals surface area contributed by atoms with Crippen molar-refractivity contribution in [2.75, 3.05) is 13.7 Å². The molecule has 16 heavy (non-hydrogen) atoms. The summed E-state index contributed by atoms with van der Waals surface area (Å²) in [6.07, 6.45) is 2.18. The van der Waals surface area contributed by atoms with E-state index in [2.05, 4.69) is 28.2 Å². The Morgan fingerprint density at radius 1 is 1.50 bits per heavy atom. The molecular weight excluding hydrogens is 270 g/mol. The predicted octanol–water partition coefficient (Wildman–Crippen LogP) is 2.76. The molecule has 1 saturated heterocycles. The molecule has 1 aromatic carbocycles. The molecule has 2 rings (SSSR count). The van der Waals surface area contributed by atoms with Crippen LogP contribution in [0.1, 0.15) is 25.3 Å². The van der Waals surface area contributed by atoms with Crippen LogP contribution in [-0.4, -0.2) is 18.8 Å². The maximum Gasteiger partial charge on any atom is 0.136 e. The first-order valence-electron chi connectivity index (χ1n) is 5.39. The zero-order valence-electron chi connectivity index (χ0n) is 9.51. The molecule has 0 spiro atoms. The Morgan fingerprint density at radius 3 is 2.81 bits per heavy atom. The first-order chi connectivity index (χ1) is 7.57. The van der Waals surface area contributed by atoms with Crippen LogP contribution in [-0.2, 0) is 5.54 Å². The fourth-order valence-electron chi connectivity index (χ4n) is 2.27. The van der Waals surface area contributed by atoms with Crippen LogP contribution in [0.5, 0.6) is 11.5 Å². The van der Waals surface area contributed by atoms with Gasteiger partial charge in [-0.3, -0.25) is 0 Å². The highest BCUT2D eigenvalue weighted by molar-refractivity contribution is 9.10. The molecule has 1 heterocycles. The largest absolute Gasteiger partial charge is 0.507 e. The number of hydrogen-bond donors (Lipinski definition) is 2. The second kappa shape index (κ2) is 4.26. The minimum Gasteiger partial charge on any atom is -0.507 e. The molecule has 3 nitrogen and oxygen atoms in total. The van der Waals surface area contributed by atoms with E-state index >= 15 is 0 Å². The van der Waals surface area contributed by atoms with Gasteiger partial charge >= 0.3 is 0 Å². The summed E-state index contributed by atoms with van der Waals surface area (Å²) in [5.74, 6) is 0.944. The number of phenolic OH excluding ortho intramolecular Hbond substituents is 1. The number of nitrogens with one attached hydrogen (secondary N) is 1. The van der Waals surface area contributed by atoms with Crippen molar-refractivity contribution in [3.63, 3.8) is 0 Å². The second-order valence-electron chi connectivity index (χ2n) is 4.37. The van der Waals surface area contributed by atoms with Gasteiger partial charge in [0, 0.05) is 17.2 Å². The lowest BCUT2D eigenvalue weighted by Crippen LogP contribution is -2.33. The number of aromatic hydroxyl groups is 1. The number of benzene rings is 1. The summed E-state index contributed by atoms with van der Waals surface area (Å²) in [5, 5.41) is 13.5. The molecule has 1 aromatic rings. The fraction of sp³-hybridized carbons (Fsp3) is 0.500. The molecule has 1 atom stereocenters. The van der Waals surface area contributed by atoms with Gasteiger partial charge in [-0.2, -0.15) is 0 Å². The average Bonchev–Trinajstić information content (AvgIpc) is 2.69. The van der Waals surface area contributed by atoms with E-state index in [1.54, 1.807) is 13.2 Å². The topological polar surface area (TPSA) is 41.5 Å². The SMILES string of the molecule is COc1cc(O)c(C2(C)CCCN2)cc1Br. The molecule has 0 aromatic heterocycles. The lowest BCUT2D eigenvalue weighted by Gasteiger charge is -2.26. The highest BCUT2D eigenvalue weighted by Gasteiger charge is 2.32. The summed E-state index contributed by atoms with van der Waals surface area (Å²) >= 11 is 3.45. The molecule has 0 bridgehead atoms. The van der Waals surface area contributed by atoms with Crippen LogP contribution in [0.25, 0.3) is 0 Å². The van der Waals surface area contributed by atoms with Crippen molar-refractivity contribution in [3.05, 3.63) is 22.2 Å². The molecule has 0 radical (unpaired) electrons. The first kappa shape index (κ1) is 11.7. The summed E-state index contributed by atoms with van der Waals surface area (Å²) in [4.78, 5) is 0. The minimum atomic E-state index is -0.126. The van der Waals surface area contributed by atoms with Crippen LogP contribution < -0.4 is 10.1 Å². The van der Waals surface area contributed by atoms with Crippen LogP contribution in [0.2, 0.25) is 0 Å². The third kappa shape index (κ3) is 1.92. The summed E-state index contributed by atoms with van der Waals surface area (Å²) < 4.78 is 6.02. The highest BCUT2D eigenvalue weighted by Crippen LogP contribution is 2.40. The van der Waals surface area contributed by atoms with E-state index in [4.69, 9.17) is 4.74 Å². The molecule has 1 fully saturated rings. The maximum atomic E-state index is 10.0. The molecule has 0 aliphatic carbocycles. The van der Waals surface area contributed by atoms with Crippen molar-refractivity contribution in [2.24, 2.45) is 0 Å². The van der Waals surface area contributed by atoms with Crippen LogP contribution in [0.3, 0.4) is 0 Å². The Morgan fingerprint density at radius 2 is 2.25 bits per heavy atom. The van der Waals surface area contributed by atoms with Crippen LogP contribution in [0.4, 0.5) is 0 Å². The third-order valence-electron chi connectivity index (χ3n) is 3.23. The van der Waals surface area contributed by atoms with Crippen LogP contribution in [0.15, 0.2) is 16.6 Å². The van der Waals surface area contributed by atoms with E-state index < -0.39 is 0 Å². The molecular formula is C12H16BrNO2. The van der Waals surface area contributed by atoms with Crippen LogP contribution >= 0.6 is 15.9 Å². The standard InChI is InChI=1S/C12H16BrNO2/c1-12(4-3-5-14-12)8-6-9(13)11(16-2)7-10(8)15/h6-7,14-15H,3-5H2,1-2H3. The van der Waals surface area contributed by atoms with Gasteiger partial charge < -0.3 is 15.2 Å². The van der Waals surface area contributed by atoms with Crippen molar-refractivity contribution in [1.82, 2.24) is 5.32 Å². The quantitative estimate of drug-likeness (QED) is 0.878. The van der Waals surface area contributed by atoms with Gasteiger partial charge in [0.05, 0.1) is 11.6 Å². The van der Waals surface area contributed by atoms with E-state index in [9.17, 15) is 5.11 Å². The van der Waals surface area contributed by atoms with Crippen molar-refractivity contribution in [1.29, 1.82) is 0 Å². The van der Waals surface area contributed by atoms with E-state index in [1.807, 2.05) is 6.07 Å². The van der Waals surface area contributed by atoms with Crippen molar-refractivity contribution in [2.45, 2.75) is 25.3 Å². The molecule has 0 saturated carbocycles. The number of halogens is 1. The highest BCUT2D eigenvalue weighted by atomic mass is 79.9. The Hall–Kier alpha value is -0.740. The monoisotopic (exact) mass is 285 g/mol. The number of rotatable bonds is 2. The van der Waals surface area contributed by atoms with Crippen molar-refractivity contribution in [3.8, 4) is 11.5 Å². The van der Waals surface area contributed by atoms with Gasteiger partial charge in [-0.15, -0.1) is 0 Å². The van der Waals surface area contributed by atoms with E-state index in [-0.39, 0.29) is 11.3 Å². The number of ether oxygens (including phenoxy) is 1. The van der Waals surface area contributed by atoms with E-state index in [1.165, 1.54) is 0 Å². The summed E-state index contributed by atoms with van der Waals surface area (Å²) in [6, 6.07) is 3.59. The Kier molecular flexibility index (Phi) is 3.13. The molecule has 1 aliphatic rings. The van der Waals surface area contributed by atoms with E-state index in [0.29, 0.717) is 5.75 Å².